The lowest BCUT2D eigenvalue weighted by Gasteiger charge is -2.48. The third kappa shape index (κ3) is 4.68. The van der Waals surface area contributed by atoms with E-state index in [2.05, 4.69) is 32.8 Å². The minimum absolute atomic E-state index is 0.0308. The van der Waals surface area contributed by atoms with Crippen LogP contribution in [0.15, 0.2) is 36.6 Å². The predicted octanol–water partition coefficient (Wildman–Crippen LogP) is 3.56. The van der Waals surface area contributed by atoms with Gasteiger partial charge in [-0.2, -0.15) is 0 Å². The first-order valence-electron chi connectivity index (χ1n) is 11.1. The number of ether oxygens (including phenoxy) is 3. The number of nitrogens with zero attached hydrogens (tertiary/aromatic N) is 1. The molecule has 1 saturated carbocycles. The van der Waals surface area contributed by atoms with E-state index in [0.717, 1.165) is 24.8 Å². The van der Waals surface area contributed by atoms with Crippen molar-refractivity contribution in [2.24, 2.45) is 11.8 Å². The summed E-state index contributed by atoms with van der Waals surface area (Å²) in [4.78, 5) is 39.6. The molecule has 2 aliphatic heterocycles. The van der Waals surface area contributed by atoms with Gasteiger partial charge >= 0.3 is 12.1 Å². The Hall–Kier alpha value is -2.39. The Morgan fingerprint density at radius 1 is 1.16 bits per heavy atom. The first-order valence-corrected chi connectivity index (χ1v) is 14.5. The van der Waals surface area contributed by atoms with Gasteiger partial charge in [-0.1, -0.05) is 25.3 Å². The third-order valence-corrected chi connectivity index (χ3v) is 6.96. The Balaban J connectivity index is 1.89. The van der Waals surface area contributed by atoms with Crippen LogP contribution in [0.4, 0.5) is 4.79 Å². The van der Waals surface area contributed by atoms with Gasteiger partial charge in [-0.05, 0) is 51.4 Å². The Labute approximate surface area is 190 Å². The van der Waals surface area contributed by atoms with E-state index in [4.69, 9.17) is 18.6 Å². The lowest BCUT2D eigenvalue weighted by molar-refractivity contribution is -0.165. The van der Waals surface area contributed by atoms with Gasteiger partial charge in [0.2, 0.25) is 5.91 Å². The summed E-state index contributed by atoms with van der Waals surface area (Å²) in [6, 6.07) is -0.265. The lowest BCUT2D eigenvalue weighted by Crippen LogP contribution is -2.64. The predicted molar refractivity (Wildman–Crippen MR) is 120 cm³/mol. The first kappa shape index (κ1) is 24.3. The standard InChI is InChI=1S/C23H33NO7Si/c1-7-12-28-22(26)20-18-15(10-9-11-16(18)31-32(4,5)6)19-17(21(25)24(19)20)14(3)30-23(27)29-13-8-2/h7-8,14-17,19H,1-2,9-13H2,3-6H3/t14-,15-,16-,17-,19-/m1/s1. The molecule has 5 atom stereocenters. The maximum atomic E-state index is 13.2. The van der Waals surface area contributed by atoms with E-state index in [0.29, 0.717) is 5.70 Å². The lowest BCUT2D eigenvalue weighted by atomic mass is 9.71. The fourth-order valence-corrected chi connectivity index (χ4v) is 6.05. The Kier molecular flexibility index (Phi) is 7.29. The smallest absolute Gasteiger partial charge is 0.457 e. The molecule has 0 aromatic heterocycles. The number of hydrogen-bond acceptors (Lipinski definition) is 7. The van der Waals surface area contributed by atoms with Gasteiger partial charge in [0.05, 0.1) is 18.1 Å². The van der Waals surface area contributed by atoms with Crippen LogP contribution >= 0.6 is 0 Å². The molecular weight excluding hydrogens is 430 g/mol. The van der Waals surface area contributed by atoms with Crippen molar-refractivity contribution in [2.45, 2.75) is 64.1 Å². The van der Waals surface area contributed by atoms with Crippen LogP contribution in [0.25, 0.3) is 0 Å². The van der Waals surface area contributed by atoms with Gasteiger partial charge in [-0.25, -0.2) is 9.59 Å². The molecule has 0 aromatic rings. The highest BCUT2D eigenvalue weighted by atomic mass is 28.4. The Morgan fingerprint density at radius 3 is 2.44 bits per heavy atom. The summed E-state index contributed by atoms with van der Waals surface area (Å²) >= 11 is 0. The van der Waals surface area contributed by atoms with Crippen molar-refractivity contribution < 1.29 is 33.0 Å². The minimum atomic E-state index is -1.91. The van der Waals surface area contributed by atoms with Crippen molar-refractivity contribution in [1.29, 1.82) is 0 Å². The maximum absolute atomic E-state index is 13.2. The molecule has 32 heavy (non-hydrogen) atoms. The van der Waals surface area contributed by atoms with E-state index >= 15 is 0 Å². The summed E-state index contributed by atoms with van der Waals surface area (Å²) in [6.07, 6.45) is 3.74. The van der Waals surface area contributed by atoms with Crippen molar-refractivity contribution in [3.05, 3.63) is 36.6 Å². The number of fused-ring (bicyclic) bond motifs is 3. The molecule has 1 saturated heterocycles. The highest BCUT2D eigenvalue weighted by Crippen LogP contribution is 2.53. The van der Waals surface area contributed by atoms with Crippen molar-refractivity contribution in [3.8, 4) is 0 Å². The largest absolute Gasteiger partial charge is 0.508 e. The zero-order valence-electron chi connectivity index (χ0n) is 19.3. The van der Waals surface area contributed by atoms with Crippen molar-refractivity contribution in [2.75, 3.05) is 13.2 Å². The van der Waals surface area contributed by atoms with Crippen molar-refractivity contribution in [3.63, 3.8) is 0 Å². The summed E-state index contributed by atoms with van der Waals surface area (Å²) in [5, 5.41) is 0. The summed E-state index contributed by atoms with van der Waals surface area (Å²) < 4.78 is 22.0. The topological polar surface area (TPSA) is 91.4 Å². The number of carbonyl (C=O) groups is 3. The van der Waals surface area contributed by atoms with Crippen molar-refractivity contribution >= 4 is 26.3 Å². The second-order valence-corrected chi connectivity index (χ2v) is 13.8. The molecule has 0 bridgehead atoms. The van der Waals surface area contributed by atoms with Gasteiger partial charge in [0, 0.05) is 5.92 Å². The number of amides is 1. The van der Waals surface area contributed by atoms with E-state index in [1.807, 2.05) is 0 Å². The molecule has 0 N–H and O–H groups in total. The van der Waals surface area contributed by atoms with Crippen LogP contribution in [0.2, 0.25) is 19.6 Å². The van der Waals surface area contributed by atoms with E-state index in [1.165, 1.54) is 17.1 Å². The van der Waals surface area contributed by atoms with Gasteiger partial charge in [-0.3, -0.25) is 4.79 Å². The number of esters is 1. The fraction of sp³-hybridized carbons (Fsp3) is 0.609. The van der Waals surface area contributed by atoms with E-state index in [9.17, 15) is 14.4 Å². The molecule has 0 unspecified atom stereocenters. The maximum Gasteiger partial charge on any atom is 0.508 e. The SMILES string of the molecule is C=CCOC(=O)O[C@H](C)[C@H]1C(=O)N2C(C(=O)OCC=C)=C3[C@@H](CCC[C@H]3O[Si](C)(C)C)[C@H]12. The van der Waals surface area contributed by atoms with Crippen LogP contribution in [-0.2, 0) is 28.2 Å². The number of rotatable bonds is 9. The molecule has 0 aromatic carbocycles. The normalized spacial score (nSPS) is 27.6. The number of hydrogen-bond donors (Lipinski definition) is 0. The van der Waals surface area contributed by atoms with Gasteiger partial charge in [0.25, 0.3) is 0 Å². The van der Waals surface area contributed by atoms with Gasteiger partial charge in [0.1, 0.15) is 25.0 Å². The summed E-state index contributed by atoms with van der Waals surface area (Å²) in [5.41, 5.74) is 1.16. The van der Waals surface area contributed by atoms with Crippen molar-refractivity contribution in [1.82, 2.24) is 4.90 Å². The third-order valence-electron chi connectivity index (χ3n) is 5.97. The molecular formula is C23H33NO7Si. The molecule has 9 heteroatoms. The minimum Gasteiger partial charge on any atom is -0.457 e. The summed E-state index contributed by atoms with van der Waals surface area (Å²) in [5.74, 6) is -1.38. The number of β-lactam (4-membered cyclic amide) rings is 1. The number of carbonyl (C=O) groups excluding carboxylic acids is 3. The first-order chi connectivity index (χ1) is 15.1. The monoisotopic (exact) mass is 463 g/mol. The zero-order valence-corrected chi connectivity index (χ0v) is 20.3. The summed E-state index contributed by atoms with van der Waals surface area (Å²) in [6.45, 7) is 15.2. The van der Waals surface area contributed by atoms with Crippen LogP contribution in [0, 0.1) is 11.8 Å². The molecule has 0 radical (unpaired) electrons. The molecule has 3 aliphatic rings. The molecule has 0 spiro atoms. The highest BCUT2D eigenvalue weighted by molar-refractivity contribution is 6.69. The van der Waals surface area contributed by atoms with E-state index in [1.54, 1.807) is 6.92 Å². The van der Waals surface area contributed by atoms with Crippen LogP contribution in [0.1, 0.15) is 26.2 Å². The van der Waals surface area contributed by atoms with Crippen LogP contribution in [0.3, 0.4) is 0 Å². The summed E-state index contributed by atoms with van der Waals surface area (Å²) in [7, 11) is -1.91. The molecule has 2 fully saturated rings. The van der Waals surface area contributed by atoms with E-state index in [-0.39, 0.29) is 37.2 Å². The highest BCUT2D eigenvalue weighted by Gasteiger charge is 2.63. The zero-order chi connectivity index (χ0) is 23.6. The van der Waals surface area contributed by atoms with Crippen LogP contribution in [0.5, 0.6) is 0 Å². The molecule has 1 aliphatic carbocycles. The molecule has 1 amide bonds. The van der Waals surface area contributed by atoms with E-state index < -0.39 is 32.5 Å². The molecule has 8 nitrogen and oxygen atoms in total. The van der Waals surface area contributed by atoms with Gasteiger partial charge in [0.15, 0.2) is 8.32 Å². The molecule has 2 heterocycles. The van der Waals surface area contributed by atoms with Crippen LogP contribution in [-0.4, -0.2) is 62.7 Å². The van der Waals surface area contributed by atoms with Crippen LogP contribution < -0.4 is 0 Å². The molecule has 176 valence electrons. The second kappa shape index (κ2) is 9.62. The fourth-order valence-electron chi connectivity index (χ4n) is 4.95. The Morgan fingerprint density at radius 2 is 1.81 bits per heavy atom. The Bertz CT molecular complexity index is 831. The average molecular weight is 464 g/mol. The average Bonchev–Trinajstić information content (AvgIpc) is 3.01. The quantitative estimate of drug-likeness (QED) is 0.223. The molecule has 3 rings (SSSR count). The second-order valence-electron chi connectivity index (χ2n) is 9.34. The van der Waals surface area contributed by atoms with Gasteiger partial charge < -0.3 is 23.5 Å². The van der Waals surface area contributed by atoms with Gasteiger partial charge in [-0.15, -0.1) is 0 Å².